The van der Waals surface area contributed by atoms with Crippen LogP contribution in [-0.4, -0.2) is 4.92 Å². The van der Waals surface area contributed by atoms with Crippen molar-refractivity contribution in [3.63, 3.8) is 0 Å². The lowest BCUT2D eigenvalue weighted by Gasteiger charge is -2.08. The van der Waals surface area contributed by atoms with Gasteiger partial charge in [-0.1, -0.05) is 36.4 Å². The van der Waals surface area contributed by atoms with Crippen molar-refractivity contribution in [2.45, 2.75) is 24.5 Å². The van der Waals surface area contributed by atoms with Crippen LogP contribution in [0.15, 0.2) is 47.4 Å². The Labute approximate surface area is 116 Å². The first-order valence-electron chi connectivity index (χ1n) is 6.01. The summed E-state index contributed by atoms with van der Waals surface area (Å²) in [6.45, 7) is 3.59. The highest BCUT2D eigenvalue weighted by atomic mass is 32.2. The lowest BCUT2D eigenvalue weighted by molar-refractivity contribution is -0.386. The normalized spacial score (nSPS) is 10.4. The molecule has 2 rings (SSSR count). The van der Waals surface area contributed by atoms with Crippen LogP contribution in [0.25, 0.3) is 0 Å². The molecule has 0 heterocycles. The summed E-state index contributed by atoms with van der Waals surface area (Å²) in [4.78, 5) is 11.7. The Hall–Kier alpha value is -1.81. The molecule has 0 bridgehead atoms. The Balaban J connectivity index is 2.22. The van der Waals surface area contributed by atoms with Crippen molar-refractivity contribution in [3.8, 4) is 0 Å². The third-order valence-electron chi connectivity index (χ3n) is 3.00. The number of nitro groups is 1. The van der Waals surface area contributed by atoms with E-state index < -0.39 is 0 Å². The summed E-state index contributed by atoms with van der Waals surface area (Å²) < 4.78 is 0. The van der Waals surface area contributed by atoms with Gasteiger partial charge in [0, 0.05) is 21.8 Å². The number of rotatable bonds is 4. The second-order valence-corrected chi connectivity index (χ2v) is 5.40. The van der Waals surface area contributed by atoms with Crippen molar-refractivity contribution in [3.05, 3.63) is 69.3 Å². The van der Waals surface area contributed by atoms with Gasteiger partial charge < -0.3 is 0 Å². The molecular formula is C15H15NO2S. The lowest BCUT2D eigenvalue weighted by atomic mass is 10.1. The van der Waals surface area contributed by atoms with Crippen molar-refractivity contribution in [1.29, 1.82) is 0 Å². The summed E-state index contributed by atoms with van der Waals surface area (Å²) in [6, 6.07) is 13.9. The van der Waals surface area contributed by atoms with E-state index in [0.717, 1.165) is 16.2 Å². The molecule has 0 N–H and O–H groups in total. The molecule has 0 saturated carbocycles. The highest BCUT2D eigenvalue weighted by Gasteiger charge is 2.17. The molecule has 0 radical (unpaired) electrons. The number of thioether (sulfide) groups is 1. The molecule has 0 spiro atoms. The Bertz CT molecular complexity index is 597. The van der Waals surface area contributed by atoms with Gasteiger partial charge in [-0.3, -0.25) is 10.1 Å². The summed E-state index contributed by atoms with van der Waals surface area (Å²) in [5, 5.41) is 11.1. The standard InChI is InChI=1S/C15H15NO2S/c1-11-8-9-14(12(2)15(11)16(17)18)19-10-13-6-4-3-5-7-13/h3-9H,10H2,1-2H3. The topological polar surface area (TPSA) is 43.1 Å². The fourth-order valence-electron chi connectivity index (χ4n) is 1.99. The van der Waals surface area contributed by atoms with Crippen molar-refractivity contribution in [1.82, 2.24) is 0 Å². The van der Waals surface area contributed by atoms with Crippen LogP contribution in [0.2, 0.25) is 0 Å². The number of nitro benzene ring substituents is 1. The molecule has 0 unspecified atom stereocenters. The summed E-state index contributed by atoms with van der Waals surface area (Å²) in [7, 11) is 0. The quantitative estimate of drug-likeness (QED) is 0.468. The van der Waals surface area contributed by atoms with E-state index in [-0.39, 0.29) is 10.6 Å². The summed E-state index contributed by atoms with van der Waals surface area (Å²) in [5.74, 6) is 0.821. The molecule has 3 nitrogen and oxygen atoms in total. The van der Waals surface area contributed by atoms with Crippen LogP contribution >= 0.6 is 11.8 Å². The van der Waals surface area contributed by atoms with E-state index in [4.69, 9.17) is 0 Å². The minimum absolute atomic E-state index is 0.234. The first-order chi connectivity index (χ1) is 9.09. The number of aryl methyl sites for hydroxylation is 1. The molecular weight excluding hydrogens is 258 g/mol. The van der Waals surface area contributed by atoms with Gasteiger partial charge in [-0.05, 0) is 25.5 Å². The minimum atomic E-state index is -0.294. The van der Waals surface area contributed by atoms with E-state index in [1.165, 1.54) is 5.56 Å². The monoisotopic (exact) mass is 273 g/mol. The first kappa shape index (κ1) is 13.6. The molecule has 98 valence electrons. The molecule has 19 heavy (non-hydrogen) atoms. The van der Waals surface area contributed by atoms with E-state index >= 15 is 0 Å². The van der Waals surface area contributed by atoms with E-state index in [9.17, 15) is 10.1 Å². The minimum Gasteiger partial charge on any atom is -0.258 e. The predicted octanol–water partition coefficient (Wildman–Crippen LogP) is 4.50. The van der Waals surface area contributed by atoms with Gasteiger partial charge in [0.25, 0.3) is 5.69 Å². The number of hydrogen-bond acceptors (Lipinski definition) is 3. The van der Waals surface area contributed by atoms with Crippen molar-refractivity contribution >= 4 is 17.4 Å². The molecule has 4 heteroatoms. The number of hydrogen-bond donors (Lipinski definition) is 0. The highest BCUT2D eigenvalue weighted by molar-refractivity contribution is 7.98. The molecule has 0 aliphatic carbocycles. The van der Waals surface area contributed by atoms with Crippen LogP contribution < -0.4 is 0 Å². The second kappa shape index (κ2) is 5.89. The molecule has 0 aromatic heterocycles. The van der Waals surface area contributed by atoms with Gasteiger partial charge in [-0.2, -0.15) is 0 Å². The molecule has 0 atom stereocenters. The highest BCUT2D eigenvalue weighted by Crippen LogP contribution is 2.33. The zero-order valence-electron chi connectivity index (χ0n) is 10.9. The third kappa shape index (κ3) is 3.15. The molecule has 0 aliphatic rings. The van der Waals surface area contributed by atoms with Gasteiger partial charge in [-0.25, -0.2) is 0 Å². The van der Waals surface area contributed by atoms with Gasteiger partial charge >= 0.3 is 0 Å². The molecule has 0 aliphatic heterocycles. The van der Waals surface area contributed by atoms with Crippen molar-refractivity contribution in [2.75, 3.05) is 0 Å². The van der Waals surface area contributed by atoms with Crippen LogP contribution in [0.4, 0.5) is 5.69 Å². The summed E-state index contributed by atoms with van der Waals surface area (Å²) >= 11 is 1.64. The van der Waals surface area contributed by atoms with E-state index in [2.05, 4.69) is 12.1 Å². The van der Waals surface area contributed by atoms with Crippen LogP contribution in [0, 0.1) is 24.0 Å². The van der Waals surface area contributed by atoms with Gasteiger partial charge in [0.2, 0.25) is 0 Å². The van der Waals surface area contributed by atoms with Gasteiger partial charge in [0.15, 0.2) is 0 Å². The van der Waals surface area contributed by atoms with E-state index in [0.29, 0.717) is 5.56 Å². The average Bonchev–Trinajstić information content (AvgIpc) is 2.38. The van der Waals surface area contributed by atoms with E-state index in [1.807, 2.05) is 37.3 Å². The van der Waals surface area contributed by atoms with Crippen LogP contribution in [0.3, 0.4) is 0 Å². The number of benzene rings is 2. The Kier molecular flexibility index (Phi) is 4.22. The Morgan fingerprint density at radius 1 is 1.11 bits per heavy atom. The number of nitrogens with zero attached hydrogens (tertiary/aromatic N) is 1. The van der Waals surface area contributed by atoms with Crippen molar-refractivity contribution < 1.29 is 4.92 Å². The third-order valence-corrected chi connectivity index (χ3v) is 4.23. The van der Waals surface area contributed by atoms with Crippen molar-refractivity contribution in [2.24, 2.45) is 0 Å². The SMILES string of the molecule is Cc1ccc(SCc2ccccc2)c(C)c1[N+](=O)[O-]. The van der Waals surface area contributed by atoms with Gasteiger partial charge in [0.05, 0.1) is 4.92 Å². The van der Waals surface area contributed by atoms with E-state index in [1.54, 1.807) is 18.7 Å². The van der Waals surface area contributed by atoms with Crippen LogP contribution in [0.5, 0.6) is 0 Å². The maximum Gasteiger partial charge on any atom is 0.276 e. The fraction of sp³-hybridized carbons (Fsp3) is 0.200. The smallest absolute Gasteiger partial charge is 0.258 e. The Morgan fingerprint density at radius 3 is 2.42 bits per heavy atom. The maximum atomic E-state index is 11.1. The maximum absolute atomic E-state index is 11.1. The molecule has 0 saturated heterocycles. The molecule has 0 fully saturated rings. The largest absolute Gasteiger partial charge is 0.276 e. The summed E-state index contributed by atoms with van der Waals surface area (Å²) in [6.07, 6.45) is 0. The summed E-state index contributed by atoms with van der Waals surface area (Å²) in [5.41, 5.74) is 2.92. The average molecular weight is 273 g/mol. The Morgan fingerprint density at radius 2 is 1.79 bits per heavy atom. The molecule has 2 aromatic carbocycles. The van der Waals surface area contributed by atoms with Gasteiger partial charge in [0.1, 0.15) is 0 Å². The zero-order valence-corrected chi connectivity index (χ0v) is 11.7. The fourth-order valence-corrected chi connectivity index (χ4v) is 2.98. The van der Waals surface area contributed by atoms with Gasteiger partial charge in [-0.15, -0.1) is 11.8 Å². The first-order valence-corrected chi connectivity index (χ1v) is 6.99. The molecule has 2 aromatic rings. The second-order valence-electron chi connectivity index (χ2n) is 4.39. The van der Waals surface area contributed by atoms with Crippen LogP contribution in [0.1, 0.15) is 16.7 Å². The van der Waals surface area contributed by atoms with Crippen LogP contribution in [-0.2, 0) is 5.75 Å². The molecule has 0 amide bonds. The lowest BCUT2D eigenvalue weighted by Crippen LogP contribution is -1.96. The predicted molar refractivity (Wildman–Crippen MR) is 78.6 cm³/mol. The zero-order chi connectivity index (χ0) is 13.8.